The minimum absolute atomic E-state index is 0.133. The van der Waals surface area contributed by atoms with Crippen molar-refractivity contribution >= 4 is 10.9 Å². The van der Waals surface area contributed by atoms with Gasteiger partial charge in [0.2, 0.25) is 0 Å². The molecule has 0 saturated heterocycles. The van der Waals surface area contributed by atoms with Gasteiger partial charge in [-0.2, -0.15) is 0 Å². The van der Waals surface area contributed by atoms with E-state index in [4.69, 9.17) is 0 Å². The molecule has 0 spiro atoms. The Bertz CT molecular complexity index is 402. The topological polar surface area (TPSA) is 22.1 Å². The Labute approximate surface area is 68.5 Å². The van der Waals surface area contributed by atoms with Gasteiger partial charge < -0.3 is 0 Å². The van der Waals surface area contributed by atoms with Crippen molar-refractivity contribution in [2.45, 2.75) is 0 Å². The molecule has 0 radical (unpaired) electrons. The fourth-order valence-corrected chi connectivity index (χ4v) is 1.09. The van der Waals surface area contributed by atoms with Crippen molar-refractivity contribution in [3.8, 4) is 5.75 Å². The van der Waals surface area contributed by atoms with E-state index in [0.29, 0.717) is 0 Å². The third kappa shape index (κ3) is 1.09. The Kier molecular flexibility index (Phi) is 1.63. The molecule has 1 heterocycles. The maximum atomic E-state index is 11.7. The van der Waals surface area contributed by atoms with Gasteiger partial charge in [-0.15, -0.1) is 0 Å². The zero-order valence-corrected chi connectivity index (χ0v) is 6.20. The Hall–Kier alpha value is -1.64. The lowest BCUT2D eigenvalue weighted by atomic mass is 10.2. The second-order valence-electron chi connectivity index (χ2n) is 2.44. The molecule has 12 heavy (non-hydrogen) atoms. The van der Waals surface area contributed by atoms with E-state index in [1.54, 1.807) is 6.07 Å². The highest BCUT2D eigenvalue weighted by Gasteiger charge is 1.96. The quantitative estimate of drug-likeness (QED) is 0.644. The van der Waals surface area contributed by atoms with E-state index in [0.717, 1.165) is 10.9 Å². The van der Waals surface area contributed by atoms with Gasteiger partial charge in [0.05, 0.1) is 11.7 Å². The van der Waals surface area contributed by atoms with Crippen LogP contribution >= 0.6 is 0 Å². The Morgan fingerprint density at radius 3 is 2.92 bits per heavy atom. The summed E-state index contributed by atoms with van der Waals surface area (Å²) in [5.74, 6) is 0.133. The number of rotatable bonds is 1. The number of hydrogen-bond donors (Lipinski definition) is 0. The van der Waals surface area contributed by atoms with Crippen LogP contribution in [0.1, 0.15) is 0 Å². The number of halogens is 1. The van der Waals surface area contributed by atoms with Gasteiger partial charge in [0.25, 0.3) is 0 Å². The Morgan fingerprint density at radius 1 is 1.25 bits per heavy atom. The van der Waals surface area contributed by atoms with Crippen molar-refractivity contribution in [3.05, 3.63) is 36.5 Å². The van der Waals surface area contributed by atoms with E-state index >= 15 is 0 Å². The highest BCUT2D eigenvalue weighted by atomic mass is 19.3. The Balaban J connectivity index is 2.67. The average Bonchev–Trinajstić information content (AvgIpc) is 2.17. The predicted octanol–water partition coefficient (Wildman–Crippen LogP) is 2.50. The molecule has 1 aromatic carbocycles. The van der Waals surface area contributed by atoms with Crippen LogP contribution in [0.4, 0.5) is 4.53 Å². The third-order valence-corrected chi connectivity index (χ3v) is 1.65. The fraction of sp³-hybridized carbons (Fsp3) is 0. The number of pyridine rings is 1. The first-order valence-corrected chi connectivity index (χ1v) is 3.53. The summed E-state index contributed by atoms with van der Waals surface area (Å²) in [5, 5.41) is 0.868. The summed E-state index contributed by atoms with van der Waals surface area (Å²) in [5.41, 5.74) is 0.832. The zero-order chi connectivity index (χ0) is 8.39. The second-order valence-corrected chi connectivity index (χ2v) is 2.44. The molecule has 2 rings (SSSR count). The molecular weight excluding hydrogens is 157 g/mol. The van der Waals surface area contributed by atoms with Crippen molar-refractivity contribution in [1.29, 1.82) is 0 Å². The summed E-state index contributed by atoms with van der Waals surface area (Å²) >= 11 is 0. The number of nitrogens with zero attached hydrogens (tertiary/aromatic N) is 1. The SMILES string of the molecule is FOc1cnc2ccccc2c1. The molecule has 2 nitrogen and oxygen atoms in total. The minimum atomic E-state index is 0.133. The minimum Gasteiger partial charge on any atom is -0.293 e. The van der Waals surface area contributed by atoms with E-state index in [1.807, 2.05) is 24.3 Å². The number of fused-ring (bicyclic) bond motifs is 1. The van der Waals surface area contributed by atoms with Crippen LogP contribution in [0.3, 0.4) is 0 Å². The largest absolute Gasteiger partial charge is 0.293 e. The van der Waals surface area contributed by atoms with Crippen molar-refractivity contribution in [2.24, 2.45) is 0 Å². The first-order valence-electron chi connectivity index (χ1n) is 3.53. The summed E-state index contributed by atoms with van der Waals surface area (Å²) in [6.45, 7) is 0. The molecular formula is C9H6FNO. The normalized spacial score (nSPS) is 10.1. The summed E-state index contributed by atoms with van der Waals surface area (Å²) in [6, 6.07) is 9.06. The van der Waals surface area contributed by atoms with Gasteiger partial charge >= 0.3 is 0 Å². The van der Waals surface area contributed by atoms with Gasteiger partial charge in [0, 0.05) is 9.91 Å². The molecule has 0 fully saturated rings. The molecule has 2 aromatic rings. The van der Waals surface area contributed by atoms with Gasteiger partial charge in [-0.3, -0.25) is 9.93 Å². The molecule has 0 saturated carbocycles. The summed E-state index contributed by atoms with van der Waals surface area (Å²) < 4.78 is 11.7. The van der Waals surface area contributed by atoms with Gasteiger partial charge in [-0.25, -0.2) is 0 Å². The average molecular weight is 163 g/mol. The van der Waals surface area contributed by atoms with Crippen LogP contribution in [0.25, 0.3) is 10.9 Å². The lowest BCUT2D eigenvalue weighted by molar-refractivity contribution is -0.00642. The van der Waals surface area contributed by atoms with E-state index in [9.17, 15) is 4.53 Å². The van der Waals surface area contributed by atoms with Crippen LogP contribution in [0.2, 0.25) is 0 Å². The molecule has 0 amide bonds. The smallest absolute Gasteiger partial charge is 0.190 e. The molecule has 0 aliphatic carbocycles. The molecule has 0 N–H and O–H groups in total. The van der Waals surface area contributed by atoms with Crippen LogP contribution < -0.4 is 4.94 Å². The Morgan fingerprint density at radius 2 is 2.08 bits per heavy atom. The molecule has 0 aliphatic rings. The number of para-hydroxylation sites is 1. The standard InChI is InChI=1S/C9H6FNO/c10-12-8-5-7-3-1-2-4-9(7)11-6-8/h1-6H. The number of benzene rings is 1. The van der Waals surface area contributed by atoms with Crippen LogP contribution in [-0.4, -0.2) is 4.98 Å². The first-order chi connectivity index (χ1) is 5.90. The van der Waals surface area contributed by atoms with E-state index in [-0.39, 0.29) is 5.75 Å². The van der Waals surface area contributed by atoms with Gasteiger partial charge in [0.15, 0.2) is 5.75 Å². The van der Waals surface area contributed by atoms with E-state index in [1.165, 1.54) is 6.20 Å². The van der Waals surface area contributed by atoms with E-state index in [2.05, 4.69) is 9.93 Å². The second kappa shape index (κ2) is 2.77. The lowest BCUT2D eigenvalue weighted by Gasteiger charge is -1.96. The van der Waals surface area contributed by atoms with Crippen LogP contribution in [0.15, 0.2) is 36.5 Å². The molecule has 1 aromatic heterocycles. The number of hydrogen-bond acceptors (Lipinski definition) is 2. The van der Waals surface area contributed by atoms with Crippen molar-refractivity contribution < 1.29 is 9.47 Å². The number of aromatic nitrogens is 1. The molecule has 3 heteroatoms. The molecule has 60 valence electrons. The van der Waals surface area contributed by atoms with E-state index < -0.39 is 0 Å². The highest BCUT2D eigenvalue weighted by Crippen LogP contribution is 2.17. The summed E-state index contributed by atoms with van der Waals surface area (Å²) in [4.78, 5) is 7.55. The first kappa shape index (κ1) is 7.03. The van der Waals surface area contributed by atoms with Crippen LogP contribution in [-0.2, 0) is 0 Å². The monoisotopic (exact) mass is 163 g/mol. The molecule has 0 bridgehead atoms. The lowest BCUT2D eigenvalue weighted by Crippen LogP contribution is -1.80. The maximum absolute atomic E-state index is 11.7. The molecule has 0 atom stereocenters. The summed E-state index contributed by atoms with van der Waals surface area (Å²) in [6.07, 6.45) is 1.35. The van der Waals surface area contributed by atoms with Crippen molar-refractivity contribution in [1.82, 2.24) is 4.98 Å². The van der Waals surface area contributed by atoms with Crippen LogP contribution in [0, 0.1) is 0 Å². The predicted molar refractivity (Wildman–Crippen MR) is 43.5 cm³/mol. The van der Waals surface area contributed by atoms with Crippen LogP contribution in [0.5, 0.6) is 5.75 Å². The van der Waals surface area contributed by atoms with Gasteiger partial charge in [0.1, 0.15) is 0 Å². The maximum Gasteiger partial charge on any atom is 0.190 e. The molecule has 0 aliphatic heterocycles. The summed E-state index contributed by atoms with van der Waals surface area (Å²) in [7, 11) is 0. The van der Waals surface area contributed by atoms with Crippen molar-refractivity contribution in [3.63, 3.8) is 0 Å². The fourth-order valence-electron chi connectivity index (χ4n) is 1.09. The zero-order valence-electron chi connectivity index (χ0n) is 6.20. The van der Waals surface area contributed by atoms with Gasteiger partial charge in [-0.1, -0.05) is 18.2 Å². The van der Waals surface area contributed by atoms with Gasteiger partial charge in [-0.05, 0) is 12.1 Å². The molecule has 0 unspecified atom stereocenters. The van der Waals surface area contributed by atoms with Crippen molar-refractivity contribution in [2.75, 3.05) is 0 Å². The highest BCUT2D eigenvalue weighted by molar-refractivity contribution is 5.79. The third-order valence-electron chi connectivity index (χ3n) is 1.65.